The number of hydrogen-bond donors (Lipinski definition) is 1. The molecule has 5 aromatic carbocycles. The minimum absolute atomic E-state index is 0.0480. The Morgan fingerprint density at radius 2 is 1.73 bits per heavy atom. The van der Waals surface area contributed by atoms with Crippen LogP contribution in [0.1, 0.15) is 65.0 Å². The summed E-state index contributed by atoms with van der Waals surface area (Å²) in [5, 5.41) is 13.3. The van der Waals surface area contributed by atoms with Gasteiger partial charge in [0, 0.05) is 43.8 Å². The number of thiophene rings is 1. The zero-order chi connectivity index (χ0) is 40.7. The van der Waals surface area contributed by atoms with Gasteiger partial charge < -0.3 is 14.3 Å². The highest BCUT2D eigenvalue weighted by molar-refractivity contribution is 7.20. The van der Waals surface area contributed by atoms with Gasteiger partial charge in [-0.1, -0.05) is 110 Å². The van der Waals surface area contributed by atoms with E-state index in [0.717, 1.165) is 76.2 Å². The van der Waals surface area contributed by atoms with Gasteiger partial charge in [-0.25, -0.2) is 0 Å². The van der Waals surface area contributed by atoms with Crippen molar-refractivity contribution in [3.63, 3.8) is 0 Å². The third kappa shape index (κ3) is 7.12. The molecular weight excluding hydrogens is 753 g/mol. The van der Waals surface area contributed by atoms with Crippen molar-refractivity contribution in [2.75, 3.05) is 0 Å². The summed E-state index contributed by atoms with van der Waals surface area (Å²) in [5.74, 6) is 2.46. The molecule has 0 saturated carbocycles. The smallest absolute Gasteiger partial charge is 0.134 e. The third-order valence-electron chi connectivity index (χ3n) is 12.3. The summed E-state index contributed by atoms with van der Waals surface area (Å²) in [7, 11) is 0. The molecule has 10 rings (SSSR count). The van der Waals surface area contributed by atoms with E-state index in [-0.39, 0.29) is 17.8 Å². The first-order chi connectivity index (χ1) is 29.4. The fraction of sp³-hybridized carbons (Fsp3) is 0.143. The Morgan fingerprint density at radius 1 is 0.850 bits per heavy atom. The Bertz CT molecular complexity index is 3010. The molecular formula is C56H46O3S. The molecule has 2 aromatic heterocycles. The molecule has 294 valence electrons. The van der Waals surface area contributed by atoms with Crippen LogP contribution in [-0.2, 0) is 6.42 Å². The molecule has 3 heterocycles. The number of phenolic OH excluding ortho intramolecular Hbond substituents is 1. The highest BCUT2D eigenvalue weighted by Gasteiger charge is 2.34. The first-order valence-corrected chi connectivity index (χ1v) is 21.8. The van der Waals surface area contributed by atoms with Crippen molar-refractivity contribution in [1.82, 2.24) is 0 Å². The Morgan fingerprint density at radius 3 is 2.58 bits per heavy atom. The number of allylic oxidation sites excluding steroid dienone is 10. The van der Waals surface area contributed by atoms with E-state index in [1.54, 1.807) is 17.4 Å². The van der Waals surface area contributed by atoms with Crippen molar-refractivity contribution < 1.29 is 14.3 Å². The van der Waals surface area contributed by atoms with Gasteiger partial charge in [0.05, 0.1) is 0 Å². The zero-order valence-corrected chi connectivity index (χ0v) is 34.8. The van der Waals surface area contributed by atoms with E-state index in [0.29, 0.717) is 0 Å². The van der Waals surface area contributed by atoms with Crippen molar-refractivity contribution in [2.45, 2.75) is 51.6 Å². The van der Waals surface area contributed by atoms with E-state index < -0.39 is 0 Å². The van der Waals surface area contributed by atoms with Crippen LogP contribution in [0.15, 0.2) is 180 Å². The maximum atomic E-state index is 10.9. The van der Waals surface area contributed by atoms with Crippen LogP contribution in [0.4, 0.5) is 0 Å². The molecule has 3 nitrogen and oxygen atoms in total. The second-order valence-electron chi connectivity index (χ2n) is 16.0. The zero-order valence-electron chi connectivity index (χ0n) is 34.0. The van der Waals surface area contributed by atoms with Crippen LogP contribution in [0.3, 0.4) is 0 Å². The average Bonchev–Trinajstić information content (AvgIpc) is 3.98. The molecule has 60 heavy (non-hydrogen) atoms. The normalized spacial score (nSPS) is 17.2. The summed E-state index contributed by atoms with van der Waals surface area (Å²) in [6.45, 7) is 8.78. The van der Waals surface area contributed by atoms with Crippen LogP contribution < -0.4 is 4.74 Å². The lowest BCUT2D eigenvalue weighted by Crippen LogP contribution is -2.17. The Balaban J connectivity index is 0.855. The third-order valence-corrected chi connectivity index (χ3v) is 13.5. The quantitative estimate of drug-likeness (QED) is 0.140. The van der Waals surface area contributed by atoms with E-state index in [1.165, 1.54) is 53.8 Å². The van der Waals surface area contributed by atoms with Crippen LogP contribution in [0.2, 0.25) is 0 Å². The van der Waals surface area contributed by atoms with Crippen LogP contribution in [0.5, 0.6) is 11.5 Å². The van der Waals surface area contributed by atoms with Crippen LogP contribution in [0.25, 0.3) is 60.5 Å². The summed E-state index contributed by atoms with van der Waals surface area (Å²) in [4.78, 5) is 1.20. The van der Waals surface area contributed by atoms with Gasteiger partial charge in [-0.15, -0.1) is 11.3 Å². The van der Waals surface area contributed by atoms with Crippen LogP contribution in [0, 0.1) is 6.92 Å². The molecule has 0 amide bonds. The Labute approximate surface area is 356 Å². The molecule has 2 atom stereocenters. The molecule has 1 N–H and O–H groups in total. The molecule has 7 aromatic rings. The molecule has 0 saturated heterocycles. The van der Waals surface area contributed by atoms with Crippen molar-refractivity contribution in [1.29, 1.82) is 0 Å². The first kappa shape index (κ1) is 37.6. The summed E-state index contributed by atoms with van der Waals surface area (Å²) < 4.78 is 14.1. The number of aryl methyl sites for hydroxylation is 2. The molecule has 0 spiro atoms. The largest absolute Gasteiger partial charge is 0.507 e. The number of aromatic hydroxyl groups is 1. The van der Waals surface area contributed by atoms with Crippen molar-refractivity contribution >= 4 is 49.6 Å². The van der Waals surface area contributed by atoms with Gasteiger partial charge in [0.15, 0.2) is 0 Å². The highest BCUT2D eigenvalue weighted by atomic mass is 32.1. The molecule has 3 aliphatic rings. The molecule has 0 radical (unpaired) electrons. The van der Waals surface area contributed by atoms with Gasteiger partial charge in [0.2, 0.25) is 0 Å². The number of furan rings is 1. The van der Waals surface area contributed by atoms with Crippen molar-refractivity contribution in [3.05, 3.63) is 208 Å². The van der Waals surface area contributed by atoms with E-state index in [9.17, 15) is 5.11 Å². The Hall–Kier alpha value is -6.62. The van der Waals surface area contributed by atoms with Crippen LogP contribution in [-0.4, -0.2) is 11.2 Å². The predicted octanol–water partition coefficient (Wildman–Crippen LogP) is 15.4. The second-order valence-corrected chi connectivity index (χ2v) is 17.1. The molecule has 0 fully saturated rings. The van der Waals surface area contributed by atoms with E-state index in [4.69, 9.17) is 9.15 Å². The molecule has 4 heteroatoms. The summed E-state index contributed by atoms with van der Waals surface area (Å²) in [5.41, 5.74) is 14.4. The van der Waals surface area contributed by atoms with Gasteiger partial charge in [-0.3, -0.25) is 0 Å². The first-order valence-electron chi connectivity index (χ1n) is 20.9. The summed E-state index contributed by atoms with van der Waals surface area (Å²) in [6.07, 6.45) is 24.2. The number of phenols is 1. The van der Waals surface area contributed by atoms with Gasteiger partial charge in [-0.05, 0) is 149 Å². The van der Waals surface area contributed by atoms with Crippen molar-refractivity contribution in [2.24, 2.45) is 0 Å². The number of benzene rings is 5. The number of rotatable bonds is 10. The fourth-order valence-electron chi connectivity index (χ4n) is 8.99. The molecule has 2 aliphatic carbocycles. The highest BCUT2D eigenvalue weighted by Crippen LogP contribution is 2.45. The van der Waals surface area contributed by atoms with Crippen LogP contribution >= 0.6 is 11.3 Å². The number of fused-ring (bicyclic) bond motifs is 6. The van der Waals surface area contributed by atoms with Crippen molar-refractivity contribution in [3.8, 4) is 33.8 Å². The topological polar surface area (TPSA) is 42.6 Å². The van der Waals surface area contributed by atoms with Gasteiger partial charge in [0.1, 0.15) is 28.9 Å². The molecule has 0 bridgehead atoms. The molecule has 1 aliphatic heterocycles. The molecule has 2 unspecified atom stereocenters. The monoisotopic (exact) mass is 798 g/mol. The fourth-order valence-corrected chi connectivity index (χ4v) is 10.1. The number of ether oxygens (including phenoxy) is 1. The lowest BCUT2D eigenvalue weighted by molar-refractivity contribution is 0.268. The van der Waals surface area contributed by atoms with E-state index in [1.807, 2.05) is 36.4 Å². The number of hydrogen-bond acceptors (Lipinski definition) is 4. The minimum atomic E-state index is 0.0480. The van der Waals surface area contributed by atoms with Gasteiger partial charge in [-0.2, -0.15) is 0 Å². The minimum Gasteiger partial charge on any atom is -0.507 e. The summed E-state index contributed by atoms with van der Waals surface area (Å²) >= 11 is 1.79. The Kier molecular flexibility index (Phi) is 9.95. The predicted molar refractivity (Wildman–Crippen MR) is 253 cm³/mol. The van der Waals surface area contributed by atoms with Gasteiger partial charge in [0.25, 0.3) is 0 Å². The maximum absolute atomic E-state index is 10.9. The van der Waals surface area contributed by atoms with Gasteiger partial charge >= 0.3 is 0 Å². The van der Waals surface area contributed by atoms with E-state index in [2.05, 4.69) is 142 Å². The van der Waals surface area contributed by atoms with E-state index >= 15 is 0 Å². The summed E-state index contributed by atoms with van der Waals surface area (Å²) in [6, 6.07) is 37.5. The maximum Gasteiger partial charge on any atom is 0.134 e. The average molecular weight is 799 g/mol. The second kappa shape index (κ2) is 15.9. The lowest BCUT2D eigenvalue weighted by atomic mass is 9.84. The SMILES string of the molecule is C=C(/C=C\c1sc2ccc3oc(CC/C(=C\C)c4ccc5c(c4)C4C=C(C6=CCCC=C6)C=CC4O5)cc3c2c1C)c1cccc(-c2cc(-c3ccccc3)ccc2O)c1. The standard InChI is InChI=1S/C56H46O3S/c1-4-37(41-21-25-51-47(32-41)48-33-43(22-26-52(48)59-51)39-14-9-6-10-15-39)19-23-45-34-49-53(58-45)27-29-55-56(49)36(3)54(60-55)28-18-35(2)40-16-11-17-44(30-40)46-31-42(20-24-50(46)57)38-12-7-5-8-13-38/h4-5,7-9,11-18,20-22,24-34,48,52,57H,2,6,10,19,23H2,1,3H3/b28-18-,37-4+. The lowest BCUT2D eigenvalue weighted by Gasteiger charge is -2.20.